The molecule has 0 unspecified atom stereocenters. The highest BCUT2D eigenvalue weighted by molar-refractivity contribution is 5.79. The Bertz CT molecular complexity index is 704. The maximum absolute atomic E-state index is 4.28. The number of benzene rings is 1. The fourth-order valence-electron chi connectivity index (χ4n) is 2.77. The normalized spacial score (nSPS) is 14.2. The Morgan fingerprint density at radius 3 is 2.25 bits per heavy atom. The average molecular weight is 323 g/mol. The van der Waals surface area contributed by atoms with E-state index in [0.29, 0.717) is 0 Å². The molecule has 2 aromatic rings. The van der Waals surface area contributed by atoms with Crippen molar-refractivity contribution < 1.29 is 0 Å². The highest BCUT2D eigenvalue weighted by atomic mass is 15.2. The Balaban J connectivity index is 1.48. The molecule has 0 atom stereocenters. The Labute approximate surface area is 143 Å². The monoisotopic (exact) mass is 323 g/mol. The number of nitrogens with zero attached hydrogens (tertiary/aromatic N) is 3. The summed E-state index contributed by atoms with van der Waals surface area (Å²) in [5, 5.41) is 6.69. The molecule has 3 rings (SSSR count). The first-order valence-corrected chi connectivity index (χ1v) is 8.29. The van der Waals surface area contributed by atoms with Gasteiger partial charge in [0, 0.05) is 58.4 Å². The van der Waals surface area contributed by atoms with E-state index in [-0.39, 0.29) is 0 Å². The van der Waals surface area contributed by atoms with E-state index in [9.17, 15) is 0 Å². The van der Waals surface area contributed by atoms with Crippen LogP contribution < -0.4 is 15.5 Å². The van der Waals surface area contributed by atoms with E-state index < -0.39 is 0 Å². The van der Waals surface area contributed by atoms with Crippen LogP contribution >= 0.6 is 0 Å². The van der Waals surface area contributed by atoms with Gasteiger partial charge in [-0.15, -0.1) is 0 Å². The molecule has 0 spiro atoms. The van der Waals surface area contributed by atoms with Gasteiger partial charge in [-0.3, -0.25) is 4.99 Å². The van der Waals surface area contributed by atoms with Gasteiger partial charge >= 0.3 is 0 Å². The minimum atomic E-state index is 0.757. The third-order valence-corrected chi connectivity index (χ3v) is 4.16. The van der Waals surface area contributed by atoms with Gasteiger partial charge in [0.1, 0.15) is 0 Å². The molecule has 126 valence electrons. The topological polar surface area (TPSA) is 44.6 Å². The summed E-state index contributed by atoms with van der Waals surface area (Å²) < 4.78 is 2.05. The lowest BCUT2D eigenvalue weighted by Gasteiger charge is -2.18. The van der Waals surface area contributed by atoms with Crippen molar-refractivity contribution in [2.24, 2.45) is 12.0 Å². The molecule has 1 aliphatic rings. The standard InChI is InChI=1S/C19H25N5/c1-20-19(22-14-17-9-12-23(2)15-17)21-13-16-5-7-18(8-6-16)24-10-3-4-11-24/h3-9,12,15H,10-11,13-14H2,1-2H3,(H2,20,21,22). The SMILES string of the molecule is CN=C(NCc1ccc(N2CC=CC2)cc1)NCc1ccn(C)c1. The predicted octanol–water partition coefficient (Wildman–Crippen LogP) is 2.27. The van der Waals surface area contributed by atoms with Crippen LogP contribution in [0.25, 0.3) is 0 Å². The smallest absolute Gasteiger partial charge is 0.191 e. The van der Waals surface area contributed by atoms with Gasteiger partial charge in [-0.25, -0.2) is 0 Å². The van der Waals surface area contributed by atoms with Gasteiger partial charge in [0.2, 0.25) is 0 Å². The molecule has 1 aromatic carbocycles. The number of hydrogen-bond acceptors (Lipinski definition) is 2. The molecule has 5 nitrogen and oxygen atoms in total. The number of hydrogen-bond donors (Lipinski definition) is 2. The number of aliphatic imine (C=N–C) groups is 1. The van der Waals surface area contributed by atoms with Crippen molar-refractivity contribution in [2.75, 3.05) is 25.0 Å². The van der Waals surface area contributed by atoms with E-state index in [1.165, 1.54) is 16.8 Å². The molecule has 2 N–H and O–H groups in total. The molecule has 2 heterocycles. The Morgan fingerprint density at radius 1 is 1.00 bits per heavy atom. The number of rotatable bonds is 5. The van der Waals surface area contributed by atoms with Crippen LogP contribution in [0.3, 0.4) is 0 Å². The van der Waals surface area contributed by atoms with Gasteiger partial charge in [-0.1, -0.05) is 24.3 Å². The van der Waals surface area contributed by atoms with Crippen molar-refractivity contribution in [1.29, 1.82) is 0 Å². The number of nitrogens with one attached hydrogen (secondary N) is 2. The summed E-state index contributed by atoms with van der Waals surface area (Å²) in [7, 11) is 3.82. The van der Waals surface area contributed by atoms with Crippen molar-refractivity contribution in [2.45, 2.75) is 13.1 Å². The largest absolute Gasteiger partial charge is 0.364 e. The molecule has 1 aromatic heterocycles. The summed E-state index contributed by atoms with van der Waals surface area (Å²) in [5.74, 6) is 0.812. The minimum absolute atomic E-state index is 0.757. The van der Waals surface area contributed by atoms with Crippen LogP contribution in [0.2, 0.25) is 0 Å². The Morgan fingerprint density at radius 2 is 1.67 bits per heavy atom. The molecule has 1 aliphatic heterocycles. The predicted molar refractivity (Wildman–Crippen MR) is 100 cm³/mol. The number of aryl methyl sites for hydroxylation is 1. The lowest BCUT2D eigenvalue weighted by Crippen LogP contribution is -2.36. The third kappa shape index (κ3) is 4.19. The van der Waals surface area contributed by atoms with Crippen molar-refractivity contribution in [3.63, 3.8) is 0 Å². The van der Waals surface area contributed by atoms with E-state index in [1.54, 1.807) is 7.05 Å². The summed E-state index contributed by atoms with van der Waals surface area (Å²) in [6, 6.07) is 10.8. The van der Waals surface area contributed by atoms with Crippen molar-refractivity contribution in [1.82, 2.24) is 15.2 Å². The van der Waals surface area contributed by atoms with Crippen LogP contribution in [0, 0.1) is 0 Å². The molecule has 0 saturated heterocycles. The molecule has 24 heavy (non-hydrogen) atoms. The first-order valence-electron chi connectivity index (χ1n) is 8.29. The quantitative estimate of drug-likeness (QED) is 0.504. The summed E-state index contributed by atoms with van der Waals surface area (Å²) in [6.45, 7) is 3.54. The molecule has 0 aliphatic carbocycles. The van der Waals surface area contributed by atoms with Crippen LogP contribution in [0.15, 0.2) is 59.9 Å². The third-order valence-electron chi connectivity index (χ3n) is 4.16. The lowest BCUT2D eigenvalue weighted by molar-refractivity contribution is 0.806. The molecular formula is C19H25N5. The van der Waals surface area contributed by atoms with Crippen LogP contribution in [0.1, 0.15) is 11.1 Å². The zero-order valence-corrected chi connectivity index (χ0v) is 14.4. The zero-order chi connectivity index (χ0) is 16.8. The van der Waals surface area contributed by atoms with Crippen LogP contribution in [0.4, 0.5) is 5.69 Å². The summed E-state index contributed by atoms with van der Waals surface area (Å²) in [6.07, 6.45) is 8.56. The van der Waals surface area contributed by atoms with Crippen molar-refractivity contribution in [3.8, 4) is 0 Å². The number of guanidine groups is 1. The maximum Gasteiger partial charge on any atom is 0.191 e. The first kappa shape index (κ1) is 16.2. The van der Waals surface area contributed by atoms with Gasteiger partial charge in [0.05, 0.1) is 0 Å². The van der Waals surface area contributed by atoms with Gasteiger partial charge in [0.15, 0.2) is 5.96 Å². The maximum atomic E-state index is 4.28. The average Bonchev–Trinajstić information content (AvgIpc) is 3.27. The highest BCUT2D eigenvalue weighted by Gasteiger charge is 2.07. The van der Waals surface area contributed by atoms with Gasteiger partial charge in [-0.2, -0.15) is 0 Å². The first-order chi connectivity index (χ1) is 11.7. The van der Waals surface area contributed by atoms with E-state index in [1.807, 2.05) is 17.8 Å². The lowest BCUT2D eigenvalue weighted by atomic mass is 10.2. The number of aromatic nitrogens is 1. The summed E-state index contributed by atoms with van der Waals surface area (Å²) >= 11 is 0. The zero-order valence-electron chi connectivity index (χ0n) is 14.4. The summed E-state index contributed by atoms with van der Waals surface area (Å²) in [4.78, 5) is 6.62. The fourth-order valence-corrected chi connectivity index (χ4v) is 2.77. The Hall–Kier alpha value is -2.69. The van der Waals surface area contributed by atoms with E-state index >= 15 is 0 Å². The second-order valence-corrected chi connectivity index (χ2v) is 6.01. The second-order valence-electron chi connectivity index (χ2n) is 6.01. The molecule has 0 saturated carbocycles. The van der Waals surface area contributed by atoms with Crippen molar-refractivity contribution >= 4 is 11.6 Å². The van der Waals surface area contributed by atoms with Gasteiger partial charge in [-0.05, 0) is 29.3 Å². The van der Waals surface area contributed by atoms with E-state index in [4.69, 9.17) is 0 Å². The molecule has 0 bridgehead atoms. The van der Waals surface area contributed by atoms with Gasteiger partial charge < -0.3 is 20.1 Å². The van der Waals surface area contributed by atoms with Crippen molar-refractivity contribution in [3.05, 3.63) is 66.0 Å². The van der Waals surface area contributed by atoms with Gasteiger partial charge in [0.25, 0.3) is 0 Å². The summed E-state index contributed by atoms with van der Waals surface area (Å²) in [5.41, 5.74) is 3.76. The van der Waals surface area contributed by atoms with Crippen LogP contribution in [0.5, 0.6) is 0 Å². The van der Waals surface area contributed by atoms with E-state index in [2.05, 4.69) is 69.2 Å². The second kappa shape index (κ2) is 7.73. The molecular weight excluding hydrogens is 298 g/mol. The Kier molecular flexibility index (Phi) is 5.21. The number of anilines is 1. The molecule has 0 fully saturated rings. The van der Waals surface area contributed by atoms with E-state index in [0.717, 1.165) is 32.1 Å². The highest BCUT2D eigenvalue weighted by Crippen LogP contribution is 2.17. The molecule has 5 heteroatoms. The molecule has 0 radical (unpaired) electrons. The molecule has 0 amide bonds. The van der Waals surface area contributed by atoms with Crippen LogP contribution in [-0.4, -0.2) is 30.7 Å². The minimum Gasteiger partial charge on any atom is -0.364 e. The fraction of sp³-hybridized carbons (Fsp3) is 0.316. The van der Waals surface area contributed by atoms with Crippen LogP contribution in [-0.2, 0) is 20.1 Å².